The number of nitrogen functional groups attached to an aromatic ring is 1. The number of cyclic esters (lactones) is 1. The van der Waals surface area contributed by atoms with Crippen LogP contribution in [-0.2, 0) is 56.2 Å². The normalized spacial score (nSPS) is 15.7. The third kappa shape index (κ3) is 15.5. The van der Waals surface area contributed by atoms with Crippen molar-refractivity contribution in [1.82, 2.24) is 15.0 Å². The summed E-state index contributed by atoms with van der Waals surface area (Å²) in [7, 11) is -15.4. The van der Waals surface area contributed by atoms with Gasteiger partial charge >= 0.3 is 29.4 Å². The summed E-state index contributed by atoms with van der Waals surface area (Å²) in [6, 6.07) is 0. The first kappa shape index (κ1) is 49.5. The first-order valence-corrected chi connectivity index (χ1v) is 20.1. The number of pyridine rings is 1. The van der Waals surface area contributed by atoms with Gasteiger partial charge in [-0.05, 0) is 13.8 Å². The molecule has 1 aliphatic rings. The molecule has 0 aliphatic carbocycles. The van der Waals surface area contributed by atoms with E-state index < -0.39 is 66.4 Å². The van der Waals surface area contributed by atoms with E-state index in [9.17, 15) is 38.6 Å². The Balaban J connectivity index is 0.000000411. The zero-order valence-corrected chi connectivity index (χ0v) is 32.9. The first-order valence-electron chi connectivity index (χ1n) is 14.6. The molecule has 0 aromatic carbocycles. The standard InChI is InChI=1S/C12H17N4OS.C8H10NO6P.C6H10O12P2.ClH/c1-8-11(3-4-17)18-7-16(8)6-10-5-14-9(2)15-12(10)13;1-5-8(11)7(3-10)6(2-9-5)4-15-16(12,13)14;7-1-2(8)4-5(3(9)6(10)16-4)17-20(14,15)18-19(11,12)13;/h5,7,17H,3-4,6H2,1-2H3,(H2,13,14,15);2-3,11H,4H2,1H3,(H2,12,13,14);2,4,7-9H,1H2,(H,14,15)(H2,11,12,13);1H/q+1;;;/p-1/t;;2-,4+;/m..0./s1. The number of ether oxygens (including phenoxy) is 1. The molecular weight excluding hydrogens is 847 g/mol. The van der Waals surface area contributed by atoms with E-state index in [0.29, 0.717) is 30.9 Å². The summed E-state index contributed by atoms with van der Waals surface area (Å²) in [6.45, 7) is 4.74. The number of aliphatic hydroxyl groups excluding tert-OH is 4. The lowest BCUT2D eigenvalue weighted by Gasteiger charge is -2.20. The fourth-order valence-electron chi connectivity index (χ4n) is 4.00. The maximum atomic E-state index is 11.3. The molecule has 4 heterocycles. The second-order valence-electron chi connectivity index (χ2n) is 10.6. The van der Waals surface area contributed by atoms with E-state index in [2.05, 4.69) is 37.6 Å². The topological polar surface area (TPSA) is 393 Å². The van der Waals surface area contributed by atoms with Crippen molar-refractivity contribution >= 4 is 52.9 Å². The van der Waals surface area contributed by atoms with Crippen molar-refractivity contribution in [3.63, 3.8) is 0 Å². The van der Waals surface area contributed by atoms with Crippen LogP contribution in [0.1, 0.15) is 43.6 Å². The van der Waals surface area contributed by atoms with Gasteiger partial charge in [0.25, 0.3) is 0 Å². The summed E-state index contributed by atoms with van der Waals surface area (Å²) < 4.78 is 50.3. The van der Waals surface area contributed by atoms with Crippen molar-refractivity contribution in [2.45, 2.75) is 52.6 Å². The highest BCUT2D eigenvalue weighted by Gasteiger charge is 2.45. The summed E-state index contributed by atoms with van der Waals surface area (Å²) in [4.78, 5) is 77.7. The first-order chi connectivity index (χ1) is 24.9. The smallest absolute Gasteiger partial charge is 0.536 e. The lowest BCUT2D eigenvalue weighted by atomic mass is 10.1. The molecule has 0 fully saturated rings. The van der Waals surface area contributed by atoms with Crippen molar-refractivity contribution in [3.8, 4) is 5.75 Å². The summed E-state index contributed by atoms with van der Waals surface area (Å²) in [5.41, 5.74) is 10.3. The number of anilines is 1. The molecule has 55 heavy (non-hydrogen) atoms. The van der Waals surface area contributed by atoms with Crippen molar-refractivity contribution in [1.29, 1.82) is 0 Å². The summed E-state index contributed by atoms with van der Waals surface area (Å²) >= 11 is 1.65. The SMILES string of the molecule is Cc1ncc(COP(=O)(O)O)c(C=O)c1O.Cc1ncc(C[n+]2csc(CCO)c2C)c(N)n1.O=C1O[C@H]([C@@H](O)CO)C(OP(=O)(O)OP(=O)(O)O)=C1O.[Cl-]. The highest BCUT2D eigenvalue weighted by atomic mass is 35.5. The van der Waals surface area contributed by atoms with Gasteiger partial charge in [-0.1, -0.05) is 11.3 Å². The van der Waals surface area contributed by atoms with Crippen LogP contribution in [0.2, 0.25) is 0 Å². The number of hydrogen-bond acceptors (Lipinski definition) is 19. The maximum Gasteiger partial charge on any atom is 0.536 e. The number of rotatable bonds is 14. The molecule has 3 aromatic heterocycles. The van der Waals surface area contributed by atoms with Gasteiger partial charge in [0.2, 0.25) is 17.0 Å². The molecule has 1 unspecified atom stereocenters. The molecule has 4 rings (SSSR count). The number of aldehydes is 1. The Kier molecular flexibility index (Phi) is 19.1. The zero-order valence-electron chi connectivity index (χ0n) is 28.6. The van der Waals surface area contributed by atoms with Crippen LogP contribution in [0.5, 0.6) is 5.75 Å². The molecule has 308 valence electrons. The van der Waals surface area contributed by atoms with E-state index in [-0.39, 0.29) is 41.6 Å². The van der Waals surface area contributed by atoms with Gasteiger partial charge in [-0.3, -0.25) is 19.2 Å². The van der Waals surface area contributed by atoms with Crippen molar-refractivity contribution in [2.24, 2.45) is 0 Å². The van der Waals surface area contributed by atoms with Gasteiger partial charge in [0.05, 0.1) is 34.9 Å². The lowest BCUT2D eigenvalue weighted by Crippen LogP contribution is -3.00. The Morgan fingerprint density at radius 1 is 1.04 bits per heavy atom. The summed E-state index contributed by atoms with van der Waals surface area (Å²) in [5.74, 6) is -2.95. The number of halogens is 1. The highest BCUT2D eigenvalue weighted by Crippen LogP contribution is 2.59. The number of esters is 1. The van der Waals surface area contributed by atoms with Crippen LogP contribution in [0.3, 0.4) is 0 Å². The van der Waals surface area contributed by atoms with Crippen LogP contribution in [0.15, 0.2) is 29.4 Å². The molecule has 0 radical (unpaired) electrons. The van der Waals surface area contributed by atoms with Crippen LogP contribution in [0.25, 0.3) is 0 Å². The number of phosphoric acid groups is 3. The minimum Gasteiger partial charge on any atom is -1.00 e. The van der Waals surface area contributed by atoms with Crippen molar-refractivity contribution in [2.75, 3.05) is 18.9 Å². The van der Waals surface area contributed by atoms with Gasteiger partial charge in [0, 0.05) is 37.9 Å². The third-order valence-electron chi connectivity index (χ3n) is 6.60. The van der Waals surface area contributed by atoms with Gasteiger partial charge in [-0.2, -0.15) is 8.88 Å². The quantitative estimate of drug-likeness (QED) is 0.0322. The van der Waals surface area contributed by atoms with Crippen LogP contribution < -0.4 is 22.7 Å². The Bertz CT molecular complexity index is 1990. The largest absolute Gasteiger partial charge is 1.00 e. The number of aryl methyl sites for hydroxylation is 2. The Morgan fingerprint density at radius 3 is 2.18 bits per heavy atom. The van der Waals surface area contributed by atoms with Gasteiger partial charge < -0.3 is 72.5 Å². The fraction of sp³-hybridized carbons (Fsp3) is 0.385. The van der Waals surface area contributed by atoms with Crippen LogP contribution >= 0.6 is 34.8 Å². The highest BCUT2D eigenvalue weighted by molar-refractivity contribution is 7.60. The van der Waals surface area contributed by atoms with Crippen LogP contribution in [0, 0.1) is 20.8 Å². The molecule has 0 bridgehead atoms. The minimum absolute atomic E-state index is 0. The van der Waals surface area contributed by atoms with Crippen molar-refractivity contribution in [3.05, 3.63) is 68.2 Å². The van der Waals surface area contributed by atoms with Gasteiger partial charge in [-0.25, -0.2) is 28.5 Å². The third-order valence-corrected chi connectivity index (χ3v) is 10.3. The predicted octanol–water partition coefficient (Wildman–Crippen LogP) is -3.61. The Hall–Kier alpha value is -3.48. The van der Waals surface area contributed by atoms with Gasteiger partial charge in [0.15, 0.2) is 24.6 Å². The molecule has 12 N–H and O–H groups in total. The number of aliphatic hydroxyl groups is 4. The van der Waals surface area contributed by atoms with Crippen molar-refractivity contribution < 1.29 is 108 Å². The second kappa shape index (κ2) is 21.2. The number of carbonyl (C=O) groups excluding carboxylic acids is 2. The molecule has 0 saturated carbocycles. The number of thiazole rings is 1. The number of hydrogen-bond donors (Lipinski definition) is 11. The molecule has 0 spiro atoms. The average molecular weight is 884 g/mol. The maximum absolute atomic E-state index is 11.3. The number of aromatic hydroxyl groups is 1. The second-order valence-corrected chi connectivity index (χ2v) is 15.5. The fourth-order valence-corrected chi connectivity index (χ4v) is 6.94. The monoisotopic (exact) mass is 883 g/mol. The van der Waals surface area contributed by atoms with E-state index in [1.54, 1.807) is 17.5 Å². The van der Waals surface area contributed by atoms with Crippen LogP contribution in [-0.4, -0.2) is 103 Å². The zero-order chi connectivity index (χ0) is 41.2. The Labute approximate surface area is 321 Å². The predicted molar refractivity (Wildman–Crippen MR) is 180 cm³/mol. The molecule has 3 atom stereocenters. The number of phosphoric ester groups is 2. The van der Waals surface area contributed by atoms with E-state index >= 15 is 0 Å². The molecule has 0 amide bonds. The average Bonchev–Trinajstić information content (AvgIpc) is 3.54. The molecule has 1 aliphatic heterocycles. The number of carbonyl (C=O) groups is 2. The molecular formula is C26H37ClN5O19P3S. The van der Waals surface area contributed by atoms with Gasteiger partial charge in [0.1, 0.15) is 23.5 Å². The minimum atomic E-state index is -5.42. The van der Waals surface area contributed by atoms with E-state index in [1.165, 1.54) is 18.0 Å². The van der Waals surface area contributed by atoms with Crippen LogP contribution in [0.4, 0.5) is 5.82 Å². The van der Waals surface area contributed by atoms with Gasteiger partial charge in [-0.15, -0.1) is 0 Å². The molecule has 0 saturated heterocycles. The number of nitrogens with two attached hydrogens (primary N) is 1. The van der Waals surface area contributed by atoms with E-state index in [0.717, 1.165) is 11.3 Å². The number of aromatic nitrogens is 4. The van der Waals surface area contributed by atoms with E-state index in [4.69, 9.17) is 40.4 Å². The number of nitrogens with zero attached hydrogens (tertiary/aromatic N) is 4. The van der Waals surface area contributed by atoms with E-state index in [1.807, 2.05) is 19.4 Å². The molecule has 24 nitrogen and oxygen atoms in total. The lowest BCUT2D eigenvalue weighted by molar-refractivity contribution is -0.689. The molecule has 3 aromatic rings. The molecule has 29 heteroatoms. The Morgan fingerprint density at radius 2 is 1.65 bits per heavy atom. The summed E-state index contributed by atoms with van der Waals surface area (Å²) in [5, 5.41) is 45.6. The summed E-state index contributed by atoms with van der Waals surface area (Å²) in [6.07, 6.45) is 0.412.